The fraction of sp³-hybridized carbons (Fsp3) is 0.615. The summed E-state index contributed by atoms with van der Waals surface area (Å²) in [4.78, 5) is 9.09. The van der Waals surface area contributed by atoms with E-state index in [4.69, 9.17) is 5.73 Å². The number of pyridine rings is 1. The molecule has 1 aromatic rings. The van der Waals surface area contributed by atoms with E-state index < -0.39 is 0 Å². The van der Waals surface area contributed by atoms with Gasteiger partial charge in [-0.3, -0.25) is 4.90 Å². The van der Waals surface area contributed by atoms with Crippen molar-refractivity contribution in [2.75, 3.05) is 36.8 Å². The summed E-state index contributed by atoms with van der Waals surface area (Å²) in [5.41, 5.74) is 6.79. The highest BCUT2D eigenvalue weighted by Gasteiger charge is 2.26. The molecule has 2 rings (SSSR count). The Labute approximate surface area is 103 Å². The summed E-state index contributed by atoms with van der Waals surface area (Å²) in [7, 11) is 0. The molecule has 94 valence electrons. The second-order valence-corrected chi connectivity index (χ2v) is 4.55. The smallest absolute Gasteiger partial charge is 0.123 e. The van der Waals surface area contributed by atoms with Gasteiger partial charge in [-0.25, -0.2) is 4.98 Å². The first-order valence-corrected chi connectivity index (χ1v) is 6.45. The van der Waals surface area contributed by atoms with Crippen molar-refractivity contribution in [2.45, 2.75) is 26.3 Å². The van der Waals surface area contributed by atoms with Crippen molar-refractivity contribution >= 4 is 11.5 Å². The summed E-state index contributed by atoms with van der Waals surface area (Å²) in [5.74, 6) is 0.591. The van der Waals surface area contributed by atoms with E-state index in [0.717, 1.165) is 26.2 Å². The molecule has 0 amide bonds. The Balaban J connectivity index is 2.00. The van der Waals surface area contributed by atoms with Crippen molar-refractivity contribution in [3.8, 4) is 0 Å². The fourth-order valence-corrected chi connectivity index (χ4v) is 2.60. The first-order valence-electron chi connectivity index (χ1n) is 6.45. The van der Waals surface area contributed by atoms with Gasteiger partial charge in [0.05, 0.1) is 11.9 Å². The van der Waals surface area contributed by atoms with Crippen molar-refractivity contribution in [1.82, 2.24) is 9.88 Å². The van der Waals surface area contributed by atoms with Crippen LogP contribution in [0.1, 0.15) is 20.3 Å². The standard InChI is InChI=1S/C13H22N4/c1-3-16(4-2)12-7-8-17(10-12)11-5-6-13(14)15-9-11/h5-6,9,12H,3-4,7-8,10H2,1-2H3,(H2,14,15). The highest BCUT2D eigenvalue weighted by Crippen LogP contribution is 2.22. The second-order valence-electron chi connectivity index (χ2n) is 4.55. The van der Waals surface area contributed by atoms with Crippen LogP contribution in [0.25, 0.3) is 0 Å². The number of anilines is 2. The zero-order chi connectivity index (χ0) is 12.3. The maximum atomic E-state index is 5.61. The predicted octanol–water partition coefficient (Wildman–Crippen LogP) is 1.58. The number of rotatable bonds is 4. The Morgan fingerprint density at radius 3 is 2.76 bits per heavy atom. The van der Waals surface area contributed by atoms with E-state index in [0.29, 0.717) is 11.9 Å². The van der Waals surface area contributed by atoms with Crippen LogP contribution < -0.4 is 10.6 Å². The normalized spacial score (nSPS) is 20.2. The van der Waals surface area contributed by atoms with Gasteiger partial charge in [0.2, 0.25) is 0 Å². The molecule has 1 aromatic heterocycles. The maximum absolute atomic E-state index is 5.61. The molecule has 1 aliphatic heterocycles. The largest absolute Gasteiger partial charge is 0.384 e. The number of nitrogens with zero attached hydrogens (tertiary/aromatic N) is 3. The van der Waals surface area contributed by atoms with Gasteiger partial charge < -0.3 is 10.6 Å². The summed E-state index contributed by atoms with van der Waals surface area (Å²) in [6, 6.07) is 4.62. The highest BCUT2D eigenvalue weighted by atomic mass is 15.3. The van der Waals surface area contributed by atoms with E-state index >= 15 is 0 Å². The molecule has 0 saturated carbocycles. The van der Waals surface area contributed by atoms with Crippen molar-refractivity contribution in [3.63, 3.8) is 0 Å². The van der Waals surface area contributed by atoms with Gasteiger partial charge in [0.25, 0.3) is 0 Å². The first-order chi connectivity index (χ1) is 8.24. The Hall–Kier alpha value is -1.29. The SMILES string of the molecule is CCN(CC)C1CCN(c2ccc(N)nc2)C1. The molecule has 1 aliphatic rings. The van der Waals surface area contributed by atoms with Gasteiger partial charge in [-0.2, -0.15) is 0 Å². The molecule has 1 unspecified atom stereocenters. The lowest BCUT2D eigenvalue weighted by molar-refractivity contribution is 0.232. The predicted molar refractivity (Wildman–Crippen MR) is 72.2 cm³/mol. The molecule has 0 bridgehead atoms. The van der Waals surface area contributed by atoms with Gasteiger partial charge in [-0.15, -0.1) is 0 Å². The molecule has 17 heavy (non-hydrogen) atoms. The Bertz CT molecular complexity index is 345. The molecular formula is C13H22N4. The Morgan fingerprint density at radius 1 is 1.41 bits per heavy atom. The molecule has 2 heterocycles. The van der Waals surface area contributed by atoms with Gasteiger partial charge in [0.15, 0.2) is 0 Å². The number of aromatic nitrogens is 1. The van der Waals surface area contributed by atoms with Crippen LogP contribution >= 0.6 is 0 Å². The molecule has 2 N–H and O–H groups in total. The van der Waals surface area contributed by atoms with Gasteiger partial charge in [0.1, 0.15) is 5.82 Å². The van der Waals surface area contributed by atoms with E-state index in [2.05, 4.69) is 34.7 Å². The van der Waals surface area contributed by atoms with E-state index in [-0.39, 0.29) is 0 Å². The van der Waals surface area contributed by atoms with Gasteiger partial charge in [-0.1, -0.05) is 13.8 Å². The third kappa shape index (κ3) is 2.69. The lowest BCUT2D eigenvalue weighted by Gasteiger charge is -2.26. The molecule has 1 atom stereocenters. The van der Waals surface area contributed by atoms with Crippen molar-refractivity contribution in [2.24, 2.45) is 0 Å². The van der Waals surface area contributed by atoms with E-state index in [1.807, 2.05) is 12.3 Å². The number of hydrogen-bond donors (Lipinski definition) is 1. The van der Waals surface area contributed by atoms with Gasteiger partial charge in [-0.05, 0) is 31.6 Å². The molecule has 1 saturated heterocycles. The van der Waals surface area contributed by atoms with E-state index in [1.165, 1.54) is 12.1 Å². The van der Waals surface area contributed by atoms with Crippen molar-refractivity contribution in [1.29, 1.82) is 0 Å². The molecule has 0 radical (unpaired) electrons. The summed E-state index contributed by atoms with van der Waals surface area (Å²) in [6.07, 6.45) is 3.12. The number of nitrogens with two attached hydrogens (primary N) is 1. The number of nitrogen functional groups attached to an aromatic ring is 1. The van der Waals surface area contributed by atoms with E-state index in [1.54, 1.807) is 0 Å². The number of hydrogen-bond acceptors (Lipinski definition) is 4. The highest BCUT2D eigenvalue weighted by molar-refractivity contribution is 5.49. The Morgan fingerprint density at radius 2 is 2.18 bits per heavy atom. The third-order valence-corrected chi connectivity index (χ3v) is 3.63. The van der Waals surface area contributed by atoms with Crippen LogP contribution in [0.15, 0.2) is 18.3 Å². The zero-order valence-corrected chi connectivity index (χ0v) is 10.8. The fourth-order valence-electron chi connectivity index (χ4n) is 2.60. The summed E-state index contributed by atoms with van der Waals surface area (Å²) in [6.45, 7) is 8.96. The average Bonchev–Trinajstić information content (AvgIpc) is 2.81. The average molecular weight is 234 g/mol. The first kappa shape index (κ1) is 12.2. The van der Waals surface area contributed by atoms with Gasteiger partial charge >= 0.3 is 0 Å². The third-order valence-electron chi connectivity index (χ3n) is 3.63. The lowest BCUT2D eigenvalue weighted by atomic mass is 10.2. The topological polar surface area (TPSA) is 45.4 Å². The van der Waals surface area contributed by atoms with Crippen LogP contribution in [-0.2, 0) is 0 Å². The molecule has 0 aliphatic carbocycles. The maximum Gasteiger partial charge on any atom is 0.123 e. The zero-order valence-electron chi connectivity index (χ0n) is 10.8. The van der Waals surface area contributed by atoms with Crippen LogP contribution in [0, 0.1) is 0 Å². The van der Waals surface area contributed by atoms with E-state index in [9.17, 15) is 0 Å². The number of likely N-dealkylation sites (N-methyl/N-ethyl adjacent to an activating group) is 1. The van der Waals surface area contributed by atoms with Gasteiger partial charge in [0, 0.05) is 19.1 Å². The molecule has 0 aromatic carbocycles. The minimum absolute atomic E-state index is 0.591. The molecule has 4 nitrogen and oxygen atoms in total. The lowest BCUT2D eigenvalue weighted by Crippen LogP contribution is -2.37. The minimum Gasteiger partial charge on any atom is -0.384 e. The summed E-state index contributed by atoms with van der Waals surface area (Å²) >= 11 is 0. The minimum atomic E-state index is 0.591. The molecule has 4 heteroatoms. The summed E-state index contributed by atoms with van der Waals surface area (Å²) < 4.78 is 0. The monoisotopic (exact) mass is 234 g/mol. The quantitative estimate of drug-likeness (QED) is 0.859. The van der Waals surface area contributed by atoms with Crippen LogP contribution in [0.4, 0.5) is 11.5 Å². The second kappa shape index (κ2) is 5.36. The van der Waals surface area contributed by atoms with Crippen molar-refractivity contribution in [3.05, 3.63) is 18.3 Å². The van der Waals surface area contributed by atoms with Crippen LogP contribution in [0.5, 0.6) is 0 Å². The van der Waals surface area contributed by atoms with Crippen LogP contribution in [-0.4, -0.2) is 42.1 Å². The summed E-state index contributed by atoms with van der Waals surface area (Å²) in [5, 5.41) is 0. The molecular weight excluding hydrogens is 212 g/mol. The van der Waals surface area contributed by atoms with Crippen LogP contribution in [0.2, 0.25) is 0 Å². The molecule has 1 fully saturated rings. The Kier molecular flexibility index (Phi) is 3.84. The molecule has 0 spiro atoms. The van der Waals surface area contributed by atoms with Crippen molar-refractivity contribution < 1.29 is 0 Å². The van der Waals surface area contributed by atoms with Crippen LogP contribution in [0.3, 0.4) is 0 Å².